The predicted octanol–water partition coefficient (Wildman–Crippen LogP) is 3.03. The number of nitrogens with zero attached hydrogens (tertiary/aromatic N) is 4. The summed E-state index contributed by atoms with van der Waals surface area (Å²) in [7, 11) is 0. The van der Waals surface area contributed by atoms with Gasteiger partial charge in [-0.15, -0.1) is 0 Å². The van der Waals surface area contributed by atoms with Crippen molar-refractivity contribution in [2.45, 2.75) is 13.8 Å². The summed E-state index contributed by atoms with van der Waals surface area (Å²) in [6, 6.07) is 0. The van der Waals surface area contributed by atoms with Crippen molar-refractivity contribution in [2.24, 2.45) is 0 Å². The molecule has 2 heterocycles. The van der Waals surface area contributed by atoms with Crippen LogP contribution in [0.5, 0.6) is 0 Å². The minimum atomic E-state index is -0.359. The van der Waals surface area contributed by atoms with Crippen molar-refractivity contribution in [1.82, 2.24) is 19.9 Å². The zero-order valence-corrected chi connectivity index (χ0v) is 16.7. The lowest BCUT2D eigenvalue weighted by atomic mass is 10.3. The molecular formula is C18H21BrN4O4. The number of esters is 2. The summed E-state index contributed by atoms with van der Waals surface area (Å²) in [6.07, 6.45) is 13.6. The molecule has 0 saturated carbocycles. The molecule has 0 aromatic carbocycles. The first-order valence-corrected chi connectivity index (χ1v) is 8.62. The summed E-state index contributed by atoms with van der Waals surface area (Å²) < 4.78 is 10.0. The van der Waals surface area contributed by atoms with Crippen molar-refractivity contribution in [3.05, 3.63) is 66.2 Å². The zero-order valence-electron chi connectivity index (χ0n) is 15.1. The molecular weight excluding hydrogens is 416 g/mol. The van der Waals surface area contributed by atoms with E-state index in [0.29, 0.717) is 13.2 Å². The second-order valence-electron chi connectivity index (χ2n) is 4.27. The Kier molecular flexibility index (Phi) is 14.7. The first-order valence-electron chi connectivity index (χ1n) is 7.82. The van der Waals surface area contributed by atoms with Crippen LogP contribution in [0.1, 0.15) is 19.4 Å². The van der Waals surface area contributed by atoms with Crippen molar-refractivity contribution >= 4 is 33.9 Å². The lowest BCUT2D eigenvalue weighted by Gasteiger charge is -1.94. The largest absolute Gasteiger partial charge is 0.463 e. The first kappa shape index (κ1) is 24.1. The van der Waals surface area contributed by atoms with Crippen LogP contribution in [-0.2, 0) is 19.1 Å². The Bertz CT molecular complexity index is 697. The van der Waals surface area contributed by atoms with Gasteiger partial charge >= 0.3 is 11.9 Å². The highest BCUT2D eigenvalue weighted by Crippen LogP contribution is 2.00. The third kappa shape index (κ3) is 15.1. The Morgan fingerprint density at radius 1 is 0.963 bits per heavy atom. The van der Waals surface area contributed by atoms with Crippen LogP contribution >= 0.6 is 15.9 Å². The average molecular weight is 437 g/mol. The molecule has 2 aromatic rings. The van der Waals surface area contributed by atoms with Crippen LogP contribution in [0.15, 0.2) is 60.6 Å². The standard InChI is InChI=1S/C9H10N2O2.C5H8O2.C4H3BrN2/c1-2-13-9(12)4-3-8-5-10-7-11-6-8;1-3-5(6)7-4-2;5-4-1-6-3-7-2-4/h3-7H,2H2,1H3;3H,1,4H2,2H3;1-3H/b4-3+;;. The molecule has 0 aliphatic rings. The Hall–Kier alpha value is -2.94. The van der Waals surface area contributed by atoms with E-state index in [-0.39, 0.29) is 11.9 Å². The predicted molar refractivity (Wildman–Crippen MR) is 104 cm³/mol. The molecule has 0 fully saturated rings. The van der Waals surface area contributed by atoms with Gasteiger partial charge in [-0.05, 0) is 35.9 Å². The fraction of sp³-hybridized carbons (Fsp3) is 0.222. The number of aromatic nitrogens is 4. The number of hydrogen-bond donors (Lipinski definition) is 0. The van der Waals surface area contributed by atoms with E-state index in [1.54, 1.807) is 44.7 Å². The van der Waals surface area contributed by atoms with Crippen LogP contribution in [0.2, 0.25) is 0 Å². The van der Waals surface area contributed by atoms with E-state index in [0.717, 1.165) is 16.1 Å². The molecule has 144 valence electrons. The third-order valence-electron chi connectivity index (χ3n) is 2.26. The lowest BCUT2D eigenvalue weighted by molar-refractivity contribution is -0.138. The minimum Gasteiger partial charge on any atom is -0.463 e. The summed E-state index contributed by atoms with van der Waals surface area (Å²) in [5, 5.41) is 0. The molecule has 9 heteroatoms. The molecule has 0 unspecified atom stereocenters. The van der Waals surface area contributed by atoms with Crippen molar-refractivity contribution < 1.29 is 19.1 Å². The van der Waals surface area contributed by atoms with Crippen molar-refractivity contribution in [2.75, 3.05) is 13.2 Å². The quantitative estimate of drug-likeness (QED) is 0.520. The topological polar surface area (TPSA) is 104 Å². The Balaban J connectivity index is 0.000000410. The lowest BCUT2D eigenvalue weighted by Crippen LogP contribution is -1.98. The van der Waals surface area contributed by atoms with E-state index in [1.807, 2.05) is 0 Å². The fourth-order valence-electron chi connectivity index (χ4n) is 1.23. The molecule has 8 nitrogen and oxygen atoms in total. The summed E-state index contributed by atoms with van der Waals surface area (Å²) in [5.41, 5.74) is 0.774. The van der Waals surface area contributed by atoms with E-state index in [2.05, 4.69) is 47.2 Å². The molecule has 0 saturated heterocycles. The van der Waals surface area contributed by atoms with Gasteiger partial charge in [-0.1, -0.05) is 6.58 Å². The van der Waals surface area contributed by atoms with E-state index in [9.17, 15) is 9.59 Å². The minimum absolute atomic E-state index is 0.355. The number of hydrogen-bond acceptors (Lipinski definition) is 8. The van der Waals surface area contributed by atoms with Gasteiger partial charge in [0.05, 0.1) is 17.7 Å². The Morgan fingerprint density at radius 3 is 1.81 bits per heavy atom. The highest BCUT2D eigenvalue weighted by Gasteiger charge is 1.93. The zero-order chi connectivity index (χ0) is 20.3. The monoisotopic (exact) mass is 436 g/mol. The number of carbonyl (C=O) groups excluding carboxylic acids is 2. The molecule has 0 bridgehead atoms. The Morgan fingerprint density at radius 2 is 1.44 bits per heavy atom. The van der Waals surface area contributed by atoms with Crippen molar-refractivity contribution in [3.63, 3.8) is 0 Å². The first-order chi connectivity index (χ1) is 13.0. The van der Waals surface area contributed by atoms with Crippen LogP contribution in [0.4, 0.5) is 0 Å². The van der Waals surface area contributed by atoms with Gasteiger partial charge in [-0.25, -0.2) is 29.5 Å². The van der Waals surface area contributed by atoms with Gasteiger partial charge in [0.1, 0.15) is 12.7 Å². The maximum absolute atomic E-state index is 10.9. The summed E-state index contributed by atoms with van der Waals surface area (Å²) in [6.45, 7) is 7.52. The van der Waals surface area contributed by atoms with Crippen LogP contribution in [0.25, 0.3) is 6.08 Å². The molecule has 0 atom stereocenters. The smallest absolute Gasteiger partial charge is 0.330 e. The molecule has 27 heavy (non-hydrogen) atoms. The molecule has 0 N–H and O–H groups in total. The van der Waals surface area contributed by atoms with Gasteiger partial charge in [0.2, 0.25) is 0 Å². The molecule has 0 amide bonds. The highest BCUT2D eigenvalue weighted by molar-refractivity contribution is 9.10. The van der Waals surface area contributed by atoms with E-state index >= 15 is 0 Å². The van der Waals surface area contributed by atoms with Crippen molar-refractivity contribution in [3.8, 4) is 0 Å². The van der Waals surface area contributed by atoms with Gasteiger partial charge < -0.3 is 9.47 Å². The maximum atomic E-state index is 10.9. The molecule has 2 rings (SSSR count). The SMILES string of the molecule is Brc1cncnc1.C=CC(=O)OCC.CCOC(=O)/C=C/c1cncnc1. The van der Waals surface area contributed by atoms with Gasteiger partial charge in [0.25, 0.3) is 0 Å². The van der Waals surface area contributed by atoms with Crippen LogP contribution in [0, 0.1) is 0 Å². The number of ether oxygens (including phenoxy) is 2. The number of rotatable bonds is 5. The fourth-order valence-corrected chi connectivity index (χ4v) is 1.47. The molecule has 0 radical (unpaired) electrons. The van der Waals surface area contributed by atoms with Crippen molar-refractivity contribution in [1.29, 1.82) is 0 Å². The summed E-state index contributed by atoms with van der Waals surface area (Å²) >= 11 is 3.19. The maximum Gasteiger partial charge on any atom is 0.330 e. The summed E-state index contributed by atoms with van der Waals surface area (Å²) in [4.78, 5) is 36.0. The molecule has 0 spiro atoms. The van der Waals surface area contributed by atoms with Gasteiger partial charge in [0, 0.05) is 42.5 Å². The molecule has 0 aliphatic carbocycles. The molecule has 2 aromatic heterocycles. The third-order valence-corrected chi connectivity index (χ3v) is 2.67. The van der Waals surface area contributed by atoms with Gasteiger partial charge in [0.15, 0.2) is 0 Å². The van der Waals surface area contributed by atoms with Crippen LogP contribution < -0.4 is 0 Å². The average Bonchev–Trinajstić information content (AvgIpc) is 2.69. The van der Waals surface area contributed by atoms with E-state index < -0.39 is 0 Å². The Labute approximate surface area is 166 Å². The second-order valence-corrected chi connectivity index (χ2v) is 5.19. The number of halogens is 1. The highest BCUT2D eigenvalue weighted by atomic mass is 79.9. The van der Waals surface area contributed by atoms with E-state index in [1.165, 1.54) is 18.7 Å². The second kappa shape index (κ2) is 16.5. The number of carbonyl (C=O) groups is 2. The van der Waals surface area contributed by atoms with Crippen LogP contribution in [0.3, 0.4) is 0 Å². The van der Waals surface area contributed by atoms with E-state index in [4.69, 9.17) is 4.74 Å². The summed E-state index contributed by atoms with van der Waals surface area (Å²) in [5.74, 6) is -0.714. The van der Waals surface area contributed by atoms with Gasteiger partial charge in [-0.3, -0.25) is 0 Å². The van der Waals surface area contributed by atoms with Gasteiger partial charge in [-0.2, -0.15) is 0 Å². The molecule has 0 aliphatic heterocycles. The van der Waals surface area contributed by atoms with Crippen LogP contribution in [-0.4, -0.2) is 45.1 Å². The normalized spacial score (nSPS) is 9.15.